The molecule has 0 bridgehead atoms. The van der Waals surface area contributed by atoms with Crippen molar-refractivity contribution in [3.8, 4) is 5.88 Å². The zero-order valence-electron chi connectivity index (χ0n) is 15.6. The standard InChI is InChI=1S/C21H25N3O3/c1-13-18(15-8-9-15)22-16-10-11-17(26-2)23-20(16)19(13)24-21(25)27-12-14-6-4-3-5-7-14/h3-7,10-11,13,15,18-19,22H,8-9,12H2,1-2H3,(H,24,25)/t13-,18+,19?/m0/s1. The predicted octanol–water partition coefficient (Wildman–Crippen LogP) is 3.90. The molecule has 6 heteroatoms. The van der Waals surface area contributed by atoms with Crippen molar-refractivity contribution < 1.29 is 14.3 Å². The number of anilines is 1. The zero-order chi connectivity index (χ0) is 18.8. The van der Waals surface area contributed by atoms with E-state index < -0.39 is 6.09 Å². The average molecular weight is 367 g/mol. The Morgan fingerprint density at radius 1 is 1.22 bits per heavy atom. The summed E-state index contributed by atoms with van der Waals surface area (Å²) in [7, 11) is 1.60. The van der Waals surface area contributed by atoms with E-state index in [4.69, 9.17) is 9.47 Å². The van der Waals surface area contributed by atoms with Gasteiger partial charge in [0.25, 0.3) is 0 Å². The number of carbonyl (C=O) groups excluding carboxylic acids is 1. The molecule has 142 valence electrons. The fourth-order valence-electron chi connectivity index (χ4n) is 3.79. The van der Waals surface area contributed by atoms with E-state index in [1.54, 1.807) is 7.11 Å². The number of nitrogens with one attached hydrogen (secondary N) is 2. The predicted molar refractivity (Wildman–Crippen MR) is 103 cm³/mol. The van der Waals surface area contributed by atoms with E-state index in [1.807, 2.05) is 42.5 Å². The first-order valence-electron chi connectivity index (χ1n) is 9.44. The van der Waals surface area contributed by atoms with Gasteiger partial charge in [0.2, 0.25) is 5.88 Å². The van der Waals surface area contributed by atoms with Crippen molar-refractivity contribution in [2.75, 3.05) is 12.4 Å². The quantitative estimate of drug-likeness (QED) is 0.839. The molecule has 1 aliphatic heterocycles. The lowest BCUT2D eigenvalue weighted by Crippen LogP contribution is -2.45. The van der Waals surface area contributed by atoms with Gasteiger partial charge in [0.1, 0.15) is 6.61 Å². The number of aromatic nitrogens is 1. The Balaban J connectivity index is 1.51. The average Bonchev–Trinajstić information content (AvgIpc) is 3.54. The topological polar surface area (TPSA) is 72.5 Å². The number of nitrogens with zero attached hydrogens (tertiary/aromatic N) is 1. The van der Waals surface area contributed by atoms with Gasteiger partial charge in [-0.05, 0) is 30.4 Å². The Bertz CT molecular complexity index is 808. The molecular formula is C21H25N3O3. The van der Waals surface area contributed by atoms with Gasteiger partial charge < -0.3 is 20.1 Å². The molecule has 0 saturated heterocycles. The van der Waals surface area contributed by atoms with Crippen molar-refractivity contribution in [1.29, 1.82) is 0 Å². The molecule has 6 nitrogen and oxygen atoms in total. The highest BCUT2D eigenvalue weighted by Crippen LogP contribution is 2.45. The lowest BCUT2D eigenvalue weighted by Gasteiger charge is -2.38. The highest BCUT2D eigenvalue weighted by atomic mass is 16.5. The number of pyridine rings is 1. The Morgan fingerprint density at radius 2 is 2.00 bits per heavy atom. The fraction of sp³-hybridized carbons (Fsp3) is 0.429. The maximum atomic E-state index is 12.5. The minimum atomic E-state index is -0.428. The van der Waals surface area contributed by atoms with Crippen LogP contribution in [0.25, 0.3) is 0 Å². The van der Waals surface area contributed by atoms with Gasteiger partial charge in [-0.15, -0.1) is 0 Å². The number of methoxy groups -OCH3 is 1. The lowest BCUT2D eigenvalue weighted by atomic mass is 9.84. The fourth-order valence-corrected chi connectivity index (χ4v) is 3.79. The first-order valence-corrected chi connectivity index (χ1v) is 9.44. The molecule has 3 atom stereocenters. The van der Waals surface area contributed by atoms with E-state index >= 15 is 0 Å². The molecular weight excluding hydrogens is 342 g/mol. The number of hydrogen-bond acceptors (Lipinski definition) is 5. The van der Waals surface area contributed by atoms with E-state index in [1.165, 1.54) is 12.8 Å². The molecule has 1 fully saturated rings. The Labute approximate surface area is 159 Å². The number of fused-ring (bicyclic) bond motifs is 1. The molecule has 4 rings (SSSR count). The van der Waals surface area contributed by atoms with E-state index in [2.05, 4.69) is 22.5 Å². The lowest BCUT2D eigenvalue weighted by molar-refractivity contribution is 0.129. The molecule has 1 saturated carbocycles. The van der Waals surface area contributed by atoms with Crippen LogP contribution in [0.3, 0.4) is 0 Å². The summed E-state index contributed by atoms with van der Waals surface area (Å²) in [4.78, 5) is 17.1. The van der Waals surface area contributed by atoms with Crippen LogP contribution in [0.4, 0.5) is 10.5 Å². The number of amides is 1. The molecule has 27 heavy (non-hydrogen) atoms. The zero-order valence-corrected chi connectivity index (χ0v) is 15.6. The second-order valence-corrected chi connectivity index (χ2v) is 7.34. The van der Waals surface area contributed by atoms with Crippen molar-refractivity contribution in [3.63, 3.8) is 0 Å². The minimum absolute atomic E-state index is 0.203. The molecule has 2 N–H and O–H groups in total. The first kappa shape index (κ1) is 17.6. The third-order valence-corrected chi connectivity index (χ3v) is 5.43. The molecule has 1 amide bonds. The van der Waals surface area contributed by atoms with Crippen molar-refractivity contribution >= 4 is 11.8 Å². The van der Waals surface area contributed by atoms with Crippen LogP contribution in [-0.2, 0) is 11.3 Å². The van der Waals surface area contributed by atoms with Crippen LogP contribution in [0.15, 0.2) is 42.5 Å². The molecule has 0 radical (unpaired) electrons. The minimum Gasteiger partial charge on any atom is -0.481 e. The summed E-state index contributed by atoms with van der Waals surface area (Å²) >= 11 is 0. The van der Waals surface area contributed by atoms with Gasteiger partial charge in [-0.3, -0.25) is 0 Å². The van der Waals surface area contributed by atoms with Gasteiger partial charge in [0, 0.05) is 18.0 Å². The van der Waals surface area contributed by atoms with Crippen molar-refractivity contribution in [3.05, 3.63) is 53.7 Å². The Kier molecular flexibility index (Phi) is 4.88. The van der Waals surface area contributed by atoms with E-state index in [0.717, 1.165) is 16.9 Å². The highest BCUT2D eigenvalue weighted by Gasteiger charge is 2.43. The summed E-state index contributed by atoms with van der Waals surface area (Å²) in [5, 5.41) is 6.65. The van der Waals surface area contributed by atoms with E-state index in [0.29, 0.717) is 17.8 Å². The Hall–Kier alpha value is -2.76. The maximum absolute atomic E-state index is 12.5. The molecule has 0 spiro atoms. The summed E-state index contributed by atoms with van der Waals surface area (Å²) in [6.07, 6.45) is 2.03. The molecule has 2 aliphatic rings. The van der Waals surface area contributed by atoms with Gasteiger partial charge in [0.05, 0.1) is 24.5 Å². The largest absolute Gasteiger partial charge is 0.481 e. The molecule has 1 unspecified atom stereocenters. The SMILES string of the molecule is COc1ccc2c(n1)C(NC(=O)OCc1ccccc1)[C@@H](C)[C@H](C1CC1)N2. The van der Waals surface area contributed by atoms with Crippen LogP contribution in [0, 0.1) is 11.8 Å². The summed E-state index contributed by atoms with van der Waals surface area (Å²) in [6, 6.07) is 13.6. The van der Waals surface area contributed by atoms with Gasteiger partial charge in [0.15, 0.2) is 0 Å². The van der Waals surface area contributed by atoms with Crippen LogP contribution < -0.4 is 15.4 Å². The van der Waals surface area contributed by atoms with Gasteiger partial charge in [-0.2, -0.15) is 0 Å². The second-order valence-electron chi connectivity index (χ2n) is 7.34. The van der Waals surface area contributed by atoms with Gasteiger partial charge >= 0.3 is 6.09 Å². The molecule has 1 aliphatic carbocycles. The van der Waals surface area contributed by atoms with Crippen LogP contribution in [-0.4, -0.2) is 24.2 Å². The smallest absolute Gasteiger partial charge is 0.408 e. The molecule has 1 aromatic heterocycles. The molecule has 2 aromatic rings. The number of alkyl carbamates (subject to hydrolysis) is 1. The maximum Gasteiger partial charge on any atom is 0.408 e. The van der Waals surface area contributed by atoms with Crippen LogP contribution in [0.5, 0.6) is 5.88 Å². The number of ether oxygens (including phenoxy) is 2. The van der Waals surface area contributed by atoms with Gasteiger partial charge in [-0.25, -0.2) is 9.78 Å². The third-order valence-electron chi connectivity index (χ3n) is 5.43. The van der Waals surface area contributed by atoms with E-state index in [9.17, 15) is 4.79 Å². The summed E-state index contributed by atoms with van der Waals surface area (Å²) in [5.41, 5.74) is 2.72. The van der Waals surface area contributed by atoms with Crippen molar-refractivity contribution in [2.24, 2.45) is 11.8 Å². The summed E-state index contributed by atoms with van der Waals surface area (Å²) < 4.78 is 10.7. The number of carbonyl (C=O) groups is 1. The van der Waals surface area contributed by atoms with Gasteiger partial charge in [-0.1, -0.05) is 37.3 Å². The normalized spacial score (nSPS) is 23.7. The summed E-state index contributed by atoms with van der Waals surface area (Å²) in [5.74, 6) is 1.39. The van der Waals surface area contributed by atoms with Crippen molar-refractivity contribution in [1.82, 2.24) is 10.3 Å². The highest BCUT2D eigenvalue weighted by molar-refractivity contribution is 5.69. The van der Waals surface area contributed by atoms with E-state index in [-0.39, 0.29) is 18.6 Å². The summed E-state index contributed by atoms with van der Waals surface area (Å²) in [6.45, 7) is 2.40. The second kappa shape index (κ2) is 7.47. The molecule has 1 aromatic carbocycles. The Morgan fingerprint density at radius 3 is 2.70 bits per heavy atom. The van der Waals surface area contributed by atoms with Crippen molar-refractivity contribution in [2.45, 2.75) is 38.5 Å². The third kappa shape index (κ3) is 3.84. The van der Waals surface area contributed by atoms with Crippen LogP contribution in [0.1, 0.15) is 37.1 Å². The number of hydrogen-bond donors (Lipinski definition) is 2. The first-order chi connectivity index (χ1) is 13.2. The molecule has 2 heterocycles. The number of rotatable bonds is 5. The van der Waals surface area contributed by atoms with Crippen LogP contribution in [0.2, 0.25) is 0 Å². The monoisotopic (exact) mass is 367 g/mol. The number of benzene rings is 1. The van der Waals surface area contributed by atoms with Crippen LogP contribution >= 0.6 is 0 Å².